The van der Waals surface area contributed by atoms with Gasteiger partial charge in [-0.3, -0.25) is 9.48 Å². The van der Waals surface area contributed by atoms with Crippen LogP contribution in [0.25, 0.3) is 10.6 Å². The van der Waals surface area contributed by atoms with Gasteiger partial charge in [0.15, 0.2) is 12.3 Å². The predicted octanol–water partition coefficient (Wildman–Crippen LogP) is 2.55. The number of amides is 1. The van der Waals surface area contributed by atoms with Crippen molar-refractivity contribution in [3.8, 4) is 10.6 Å². The summed E-state index contributed by atoms with van der Waals surface area (Å²) >= 11 is 1.33. The van der Waals surface area contributed by atoms with Crippen LogP contribution in [0.15, 0.2) is 48.1 Å². The first-order chi connectivity index (χ1) is 13.6. The normalized spacial score (nSPS) is 14.5. The van der Waals surface area contributed by atoms with Gasteiger partial charge < -0.3 is 10.1 Å². The molecule has 0 spiro atoms. The zero-order valence-electron chi connectivity index (χ0n) is 15.4. The van der Waals surface area contributed by atoms with Gasteiger partial charge in [0.05, 0.1) is 6.20 Å². The van der Waals surface area contributed by atoms with E-state index < -0.39 is 5.97 Å². The maximum absolute atomic E-state index is 12.2. The molecule has 28 heavy (non-hydrogen) atoms. The molecule has 8 heteroatoms. The molecule has 0 aliphatic heterocycles. The number of ether oxygens (including phenoxy) is 1. The van der Waals surface area contributed by atoms with Crippen LogP contribution in [0.2, 0.25) is 0 Å². The molecule has 1 aromatic carbocycles. The summed E-state index contributed by atoms with van der Waals surface area (Å²) in [5, 5.41) is 9.27. The van der Waals surface area contributed by atoms with E-state index in [0.717, 1.165) is 18.4 Å². The standard InChI is InChI=1S/C20H20N4O3S/c1-24-10-14(9-22-24)18-23-16(12-28-18)19(26)27-11-17(25)21-13-20(7-8-20)15-5-3-2-4-6-15/h2-6,9-10,12H,7-8,11,13H2,1H3,(H,21,25). The van der Waals surface area contributed by atoms with E-state index in [1.165, 1.54) is 16.9 Å². The van der Waals surface area contributed by atoms with Crippen molar-refractivity contribution in [2.75, 3.05) is 13.2 Å². The minimum atomic E-state index is -0.606. The molecule has 144 valence electrons. The van der Waals surface area contributed by atoms with Crippen molar-refractivity contribution in [3.05, 3.63) is 59.4 Å². The van der Waals surface area contributed by atoms with Gasteiger partial charge >= 0.3 is 5.97 Å². The minimum Gasteiger partial charge on any atom is -0.451 e. The summed E-state index contributed by atoms with van der Waals surface area (Å²) in [5.74, 6) is -0.913. The van der Waals surface area contributed by atoms with E-state index in [1.807, 2.05) is 31.4 Å². The fourth-order valence-corrected chi connectivity index (χ4v) is 3.83. The van der Waals surface area contributed by atoms with Crippen LogP contribution in [0, 0.1) is 0 Å². The highest BCUT2D eigenvalue weighted by Crippen LogP contribution is 2.47. The van der Waals surface area contributed by atoms with Crippen LogP contribution in [0.5, 0.6) is 0 Å². The van der Waals surface area contributed by atoms with Gasteiger partial charge in [-0.15, -0.1) is 11.3 Å². The summed E-state index contributed by atoms with van der Waals surface area (Å²) in [6, 6.07) is 10.2. The van der Waals surface area contributed by atoms with E-state index in [1.54, 1.807) is 16.3 Å². The third-order valence-electron chi connectivity index (χ3n) is 4.86. The first kappa shape index (κ1) is 18.4. The number of hydrogen-bond acceptors (Lipinski definition) is 6. The Kier molecular flexibility index (Phi) is 4.95. The highest BCUT2D eigenvalue weighted by atomic mass is 32.1. The van der Waals surface area contributed by atoms with Gasteiger partial charge in [0.2, 0.25) is 0 Å². The Hall–Kier alpha value is -3.00. The lowest BCUT2D eigenvalue weighted by atomic mass is 9.96. The van der Waals surface area contributed by atoms with Crippen LogP contribution in [-0.4, -0.2) is 39.8 Å². The highest BCUT2D eigenvalue weighted by Gasteiger charge is 2.44. The van der Waals surface area contributed by atoms with Crippen LogP contribution in [0.4, 0.5) is 0 Å². The van der Waals surface area contributed by atoms with E-state index in [9.17, 15) is 9.59 Å². The fraction of sp³-hybridized carbons (Fsp3) is 0.300. The van der Waals surface area contributed by atoms with Crippen molar-refractivity contribution < 1.29 is 14.3 Å². The molecular weight excluding hydrogens is 376 g/mol. The fourth-order valence-electron chi connectivity index (χ4n) is 3.07. The number of carbonyl (C=O) groups excluding carboxylic acids is 2. The molecule has 1 aliphatic rings. The predicted molar refractivity (Wildman–Crippen MR) is 105 cm³/mol. The van der Waals surface area contributed by atoms with E-state index in [0.29, 0.717) is 11.6 Å². The first-order valence-corrected chi connectivity index (χ1v) is 9.88. The lowest BCUT2D eigenvalue weighted by Crippen LogP contribution is -2.35. The van der Waals surface area contributed by atoms with Gasteiger partial charge in [0.25, 0.3) is 5.91 Å². The first-order valence-electron chi connectivity index (χ1n) is 9.00. The number of esters is 1. The smallest absolute Gasteiger partial charge is 0.358 e. The number of rotatable bonds is 7. The summed E-state index contributed by atoms with van der Waals surface area (Å²) < 4.78 is 6.78. The van der Waals surface area contributed by atoms with Crippen molar-refractivity contribution in [2.45, 2.75) is 18.3 Å². The van der Waals surface area contributed by atoms with Crippen molar-refractivity contribution in [1.82, 2.24) is 20.1 Å². The van der Waals surface area contributed by atoms with Crippen LogP contribution < -0.4 is 5.32 Å². The van der Waals surface area contributed by atoms with Crippen molar-refractivity contribution in [3.63, 3.8) is 0 Å². The van der Waals surface area contributed by atoms with Gasteiger partial charge in [-0.25, -0.2) is 9.78 Å². The number of thiazole rings is 1. The lowest BCUT2D eigenvalue weighted by molar-refractivity contribution is -0.124. The Morgan fingerprint density at radius 3 is 2.75 bits per heavy atom. The number of benzene rings is 1. The van der Waals surface area contributed by atoms with Crippen LogP contribution in [0.3, 0.4) is 0 Å². The Morgan fingerprint density at radius 2 is 2.07 bits per heavy atom. The molecule has 4 rings (SSSR count). The molecule has 1 saturated carbocycles. The average Bonchev–Trinajstić information content (AvgIpc) is 3.12. The molecule has 1 N–H and O–H groups in total. The quantitative estimate of drug-likeness (QED) is 0.620. The van der Waals surface area contributed by atoms with Crippen LogP contribution in [0.1, 0.15) is 28.9 Å². The van der Waals surface area contributed by atoms with Crippen molar-refractivity contribution in [2.24, 2.45) is 7.05 Å². The number of nitrogens with zero attached hydrogens (tertiary/aromatic N) is 3. The topological polar surface area (TPSA) is 86.1 Å². The van der Waals surface area contributed by atoms with Gasteiger partial charge in [-0.1, -0.05) is 30.3 Å². The molecule has 0 saturated heterocycles. The number of nitrogens with one attached hydrogen (secondary N) is 1. The largest absolute Gasteiger partial charge is 0.451 e. The number of aryl methyl sites for hydroxylation is 1. The van der Waals surface area contributed by atoms with Gasteiger partial charge in [0, 0.05) is 36.1 Å². The summed E-state index contributed by atoms with van der Waals surface area (Å²) in [6.07, 6.45) is 5.60. The third kappa shape index (κ3) is 3.96. The minimum absolute atomic E-state index is 0.0223. The maximum atomic E-state index is 12.2. The SMILES string of the molecule is Cn1cc(-c2nc(C(=O)OCC(=O)NCC3(c4ccccc4)CC3)cs2)cn1. The molecule has 0 atom stereocenters. The van der Waals surface area contributed by atoms with Crippen molar-refractivity contribution in [1.29, 1.82) is 0 Å². The van der Waals surface area contributed by atoms with E-state index >= 15 is 0 Å². The van der Waals surface area contributed by atoms with E-state index in [-0.39, 0.29) is 23.6 Å². The Labute approximate surface area is 166 Å². The average molecular weight is 396 g/mol. The van der Waals surface area contributed by atoms with Gasteiger partial charge in [-0.05, 0) is 18.4 Å². The Morgan fingerprint density at radius 1 is 1.29 bits per heavy atom. The van der Waals surface area contributed by atoms with Gasteiger partial charge in [0.1, 0.15) is 5.01 Å². The molecule has 3 aromatic rings. The number of carbonyl (C=O) groups is 2. The highest BCUT2D eigenvalue weighted by molar-refractivity contribution is 7.13. The van der Waals surface area contributed by atoms with Gasteiger partial charge in [-0.2, -0.15) is 5.10 Å². The molecule has 0 bridgehead atoms. The molecule has 0 radical (unpaired) electrons. The number of aromatic nitrogens is 3. The second-order valence-electron chi connectivity index (χ2n) is 6.94. The molecule has 1 amide bonds. The monoisotopic (exact) mass is 396 g/mol. The second-order valence-corrected chi connectivity index (χ2v) is 7.80. The summed E-state index contributed by atoms with van der Waals surface area (Å²) in [7, 11) is 1.81. The van der Waals surface area contributed by atoms with E-state index in [2.05, 4.69) is 27.5 Å². The maximum Gasteiger partial charge on any atom is 0.358 e. The summed E-state index contributed by atoms with van der Waals surface area (Å²) in [4.78, 5) is 28.5. The molecular formula is C20H20N4O3S. The Bertz CT molecular complexity index is 992. The zero-order chi connectivity index (χ0) is 19.6. The molecule has 2 aromatic heterocycles. The zero-order valence-corrected chi connectivity index (χ0v) is 16.2. The second kappa shape index (κ2) is 7.55. The number of hydrogen-bond donors (Lipinski definition) is 1. The summed E-state index contributed by atoms with van der Waals surface area (Å²) in [6.45, 7) is 0.235. The molecule has 2 heterocycles. The van der Waals surface area contributed by atoms with Crippen LogP contribution >= 0.6 is 11.3 Å². The summed E-state index contributed by atoms with van der Waals surface area (Å²) in [5.41, 5.74) is 2.28. The molecule has 1 aliphatic carbocycles. The van der Waals surface area contributed by atoms with Crippen LogP contribution in [-0.2, 0) is 22.0 Å². The molecule has 0 unspecified atom stereocenters. The molecule has 1 fully saturated rings. The Balaban J connectivity index is 1.27. The molecule has 7 nitrogen and oxygen atoms in total. The third-order valence-corrected chi connectivity index (χ3v) is 5.75. The van der Waals surface area contributed by atoms with Crippen molar-refractivity contribution >= 4 is 23.2 Å². The van der Waals surface area contributed by atoms with E-state index in [4.69, 9.17) is 4.74 Å². The lowest BCUT2D eigenvalue weighted by Gasteiger charge is -2.16.